The summed E-state index contributed by atoms with van der Waals surface area (Å²) in [6.45, 7) is 3.87. The molecule has 0 bridgehead atoms. The van der Waals surface area contributed by atoms with Gasteiger partial charge in [0.15, 0.2) is 0 Å². The minimum atomic E-state index is -3.48. The molecule has 0 saturated heterocycles. The number of nitrogens with zero attached hydrogens (tertiary/aromatic N) is 1. The second kappa shape index (κ2) is 8.71. The molecule has 1 amide bonds. The average molecular weight is 376 g/mol. The van der Waals surface area contributed by atoms with Gasteiger partial charge in [0.05, 0.1) is 23.7 Å². The summed E-state index contributed by atoms with van der Waals surface area (Å²) in [5.41, 5.74) is 1.10. The van der Waals surface area contributed by atoms with Crippen LogP contribution in [0, 0.1) is 0 Å². The van der Waals surface area contributed by atoms with Crippen molar-refractivity contribution in [3.8, 4) is 5.75 Å². The number of sulfonamides is 1. The van der Waals surface area contributed by atoms with Crippen LogP contribution in [0.25, 0.3) is 0 Å². The zero-order chi connectivity index (χ0) is 19.2. The predicted molar refractivity (Wildman–Crippen MR) is 104 cm³/mol. The molecule has 0 fully saturated rings. The fourth-order valence-corrected chi connectivity index (χ4v) is 3.35. The average Bonchev–Trinajstić information content (AvgIpc) is 2.56. The lowest BCUT2D eigenvalue weighted by Gasteiger charge is -2.22. The summed E-state index contributed by atoms with van der Waals surface area (Å²) in [4.78, 5) is 12.3. The first-order chi connectivity index (χ1) is 12.3. The normalized spacial score (nSPS) is 11.2. The van der Waals surface area contributed by atoms with Crippen LogP contribution >= 0.6 is 0 Å². The van der Waals surface area contributed by atoms with Crippen LogP contribution in [0.4, 0.5) is 11.4 Å². The van der Waals surface area contributed by atoms with E-state index in [9.17, 15) is 13.2 Å². The first-order valence-corrected chi connectivity index (χ1v) is 10.2. The van der Waals surface area contributed by atoms with Gasteiger partial charge in [-0.1, -0.05) is 30.3 Å². The Bertz CT molecular complexity index is 836. The van der Waals surface area contributed by atoms with Crippen molar-refractivity contribution in [3.63, 3.8) is 0 Å². The van der Waals surface area contributed by atoms with E-state index in [0.717, 1.165) is 6.26 Å². The van der Waals surface area contributed by atoms with Gasteiger partial charge in [-0.15, -0.1) is 0 Å². The summed E-state index contributed by atoms with van der Waals surface area (Å²) in [5, 5.41) is 2.79. The van der Waals surface area contributed by atoms with Gasteiger partial charge in [0.1, 0.15) is 5.75 Å². The van der Waals surface area contributed by atoms with Crippen molar-refractivity contribution in [1.29, 1.82) is 0 Å². The van der Waals surface area contributed by atoms with Gasteiger partial charge in [0.2, 0.25) is 15.9 Å². The molecule has 0 unspecified atom stereocenters. The topological polar surface area (TPSA) is 75.7 Å². The number of amides is 1. The van der Waals surface area contributed by atoms with Crippen LogP contribution in [0.5, 0.6) is 5.75 Å². The summed E-state index contributed by atoms with van der Waals surface area (Å²) in [6.07, 6.45) is 1.13. The van der Waals surface area contributed by atoms with Crippen molar-refractivity contribution in [3.05, 3.63) is 54.6 Å². The predicted octanol–water partition coefficient (Wildman–Crippen LogP) is 3.27. The highest BCUT2D eigenvalue weighted by atomic mass is 32.2. The summed E-state index contributed by atoms with van der Waals surface area (Å²) >= 11 is 0. The molecular weight excluding hydrogens is 352 g/mol. The molecule has 0 aromatic heterocycles. The van der Waals surface area contributed by atoms with E-state index in [1.54, 1.807) is 42.5 Å². The van der Waals surface area contributed by atoms with E-state index in [2.05, 4.69) is 5.32 Å². The van der Waals surface area contributed by atoms with Crippen LogP contribution in [0.2, 0.25) is 0 Å². The fourth-order valence-electron chi connectivity index (χ4n) is 2.42. The molecule has 0 heterocycles. The number of ether oxygens (including phenoxy) is 1. The summed E-state index contributed by atoms with van der Waals surface area (Å²) in [6, 6.07) is 15.9. The monoisotopic (exact) mass is 376 g/mol. The lowest BCUT2D eigenvalue weighted by atomic mass is 10.2. The van der Waals surface area contributed by atoms with Crippen LogP contribution in [-0.4, -0.2) is 33.2 Å². The lowest BCUT2D eigenvalue weighted by Crippen LogP contribution is -2.33. The zero-order valence-corrected chi connectivity index (χ0v) is 16.0. The van der Waals surface area contributed by atoms with Crippen LogP contribution in [-0.2, 0) is 14.8 Å². The second-order valence-corrected chi connectivity index (χ2v) is 8.04. The van der Waals surface area contributed by atoms with Gasteiger partial charge in [-0.25, -0.2) is 8.42 Å². The standard InChI is InChI=1S/C19H24N2O4S/c1-15(2)25-18-12-8-7-11-17(18)20-19(22)13-14-21(26(3,23)24)16-9-5-4-6-10-16/h4-12,15H,13-14H2,1-3H3,(H,20,22). The molecule has 0 radical (unpaired) electrons. The zero-order valence-electron chi connectivity index (χ0n) is 15.2. The molecule has 0 aliphatic rings. The number of rotatable bonds is 8. The van der Waals surface area contributed by atoms with Crippen molar-refractivity contribution < 1.29 is 17.9 Å². The Kier molecular flexibility index (Phi) is 6.63. The minimum absolute atomic E-state index is 0.0214. The van der Waals surface area contributed by atoms with E-state index in [0.29, 0.717) is 17.1 Å². The minimum Gasteiger partial charge on any atom is -0.489 e. The third-order valence-corrected chi connectivity index (χ3v) is 4.70. The van der Waals surface area contributed by atoms with Gasteiger partial charge in [-0.3, -0.25) is 9.10 Å². The molecule has 26 heavy (non-hydrogen) atoms. The molecule has 140 valence electrons. The first kappa shape index (κ1) is 19.8. The van der Waals surface area contributed by atoms with Crippen molar-refractivity contribution in [1.82, 2.24) is 0 Å². The van der Waals surface area contributed by atoms with Gasteiger partial charge in [0.25, 0.3) is 0 Å². The van der Waals surface area contributed by atoms with Crippen molar-refractivity contribution >= 4 is 27.3 Å². The number of para-hydroxylation sites is 3. The number of anilines is 2. The Hall–Kier alpha value is -2.54. The number of hydrogen-bond donors (Lipinski definition) is 1. The van der Waals surface area contributed by atoms with Crippen LogP contribution in [0.1, 0.15) is 20.3 Å². The fraction of sp³-hybridized carbons (Fsp3) is 0.316. The highest BCUT2D eigenvalue weighted by molar-refractivity contribution is 7.92. The Labute approximate surface area is 154 Å². The molecule has 0 aliphatic carbocycles. The SMILES string of the molecule is CC(C)Oc1ccccc1NC(=O)CCN(c1ccccc1)S(C)(=O)=O. The van der Waals surface area contributed by atoms with Gasteiger partial charge >= 0.3 is 0 Å². The number of nitrogens with one attached hydrogen (secondary N) is 1. The van der Waals surface area contributed by atoms with Crippen molar-refractivity contribution in [2.45, 2.75) is 26.4 Å². The Balaban J connectivity index is 2.06. The van der Waals surface area contributed by atoms with Crippen molar-refractivity contribution in [2.75, 3.05) is 22.4 Å². The maximum atomic E-state index is 12.3. The number of carbonyl (C=O) groups is 1. The Morgan fingerprint density at radius 1 is 1.08 bits per heavy atom. The van der Waals surface area contributed by atoms with Crippen LogP contribution in [0.15, 0.2) is 54.6 Å². The van der Waals surface area contributed by atoms with Gasteiger partial charge in [-0.2, -0.15) is 0 Å². The summed E-state index contributed by atoms with van der Waals surface area (Å²) in [7, 11) is -3.48. The molecule has 2 aromatic rings. The van der Waals surface area contributed by atoms with E-state index in [1.807, 2.05) is 26.0 Å². The van der Waals surface area contributed by atoms with Crippen LogP contribution < -0.4 is 14.4 Å². The van der Waals surface area contributed by atoms with E-state index in [4.69, 9.17) is 4.74 Å². The van der Waals surface area contributed by atoms with E-state index < -0.39 is 10.0 Å². The molecular formula is C19H24N2O4S. The molecule has 6 nitrogen and oxygen atoms in total. The smallest absolute Gasteiger partial charge is 0.232 e. The Morgan fingerprint density at radius 2 is 1.69 bits per heavy atom. The van der Waals surface area contributed by atoms with Gasteiger partial charge < -0.3 is 10.1 Å². The molecule has 0 spiro atoms. The van der Waals surface area contributed by atoms with Gasteiger partial charge in [0, 0.05) is 13.0 Å². The third-order valence-electron chi connectivity index (χ3n) is 3.51. The quantitative estimate of drug-likeness (QED) is 0.767. The largest absolute Gasteiger partial charge is 0.489 e. The van der Waals surface area contributed by atoms with Crippen LogP contribution in [0.3, 0.4) is 0 Å². The maximum absolute atomic E-state index is 12.3. The van der Waals surface area contributed by atoms with E-state index in [1.165, 1.54) is 4.31 Å². The van der Waals surface area contributed by atoms with Crippen molar-refractivity contribution in [2.24, 2.45) is 0 Å². The second-order valence-electron chi connectivity index (χ2n) is 6.13. The molecule has 2 rings (SSSR count). The highest BCUT2D eigenvalue weighted by Gasteiger charge is 2.18. The molecule has 7 heteroatoms. The number of benzene rings is 2. The molecule has 1 N–H and O–H groups in total. The Morgan fingerprint density at radius 3 is 2.31 bits per heavy atom. The number of hydrogen-bond acceptors (Lipinski definition) is 4. The summed E-state index contributed by atoms with van der Waals surface area (Å²) < 4.78 is 31.0. The third kappa shape index (κ3) is 5.77. The number of carbonyl (C=O) groups excluding carboxylic acids is 1. The molecule has 0 aliphatic heterocycles. The van der Waals surface area contributed by atoms with E-state index in [-0.39, 0.29) is 25.0 Å². The molecule has 2 aromatic carbocycles. The maximum Gasteiger partial charge on any atom is 0.232 e. The first-order valence-electron chi connectivity index (χ1n) is 8.35. The lowest BCUT2D eigenvalue weighted by molar-refractivity contribution is -0.116. The molecule has 0 atom stereocenters. The summed E-state index contributed by atoms with van der Waals surface area (Å²) in [5.74, 6) is 0.299. The van der Waals surface area contributed by atoms with E-state index >= 15 is 0 Å². The highest BCUT2D eigenvalue weighted by Crippen LogP contribution is 2.25. The molecule has 0 saturated carbocycles. The van der Waals surface area contributed by atoms with Gasteiger partial charge in [-0.05, 0) is 38.1 Å².